The standard InChI is InChI=1S/C12H11BrN4O2/c1-7-4-11(16-15-7)12(19)17-14-6-8-5-9(18)2-3-10(8)13/h2-6,18H,1H3,(H,15,16)(H,17,19)/b14-6-. The Kier molecular flexibility index (Phi) is 3.96. The smallest absolute Gasteiger partial charge is 0.291 e. The number of phenols is 1. The molecule has 1 aromatic heterocycles. The van der Waals surface area contributed by atoms with Gasteiger partial charge >= 0.3 is 0 Å². The van der Waals surface area contributed by atoms with E-state index >= 15 is 0 Å². The first-order valence-corrected chi connectivity index (χ1v) is 6.19. The number of carbonyl (C=O) groups is 1. The normalized spacial score (nSPS) is 10.8. The van der Waals surface area contributed by atoms with Crippen molar-refractivity contribution in [1.29, 1.82) is 0 Å². The number of carbonyl (C=O) groups excluding carboxylic acids is 1. The van der Waals surface area contributed by atoms with Crippen LogP contribution in [0.4, 0.5) is 0 Å². The quantitative estimate of drug-likeness (QED) is 0.596. The van der Waals surface area contributed by atoms with Crippen molar-refractivity contribution < 1.29 is 9.90 Å². The molecule has 0 saturated carbocycles. The maximum atomic E-state index is 11.6. The molecule has 0 bridgehead atoms. The van der Waals surface area contributed by atoms with Gasteiger partial charge in [-0.15, -0.1) is 0 Å². The average molecular weight is 323 g/mol. The maximum Gasteiger partial charge on any atom is 0.291 e. The lowest BCUT2D eigenvalue weighted by molar-refractivity contribution is 0.0950. The van der Waals surface area contributed by atoms with Gasteiger partial charge in [-0.2, -0.15) is 10.2 Å². The molecule has 0 unspecified atom stereocenters. The Morgan fingerprint density at radius 2 is 2.32 bits per heavy atom. The molecular weight excluding hydrogens is 312 g/mol. The summed E-state index contributed by atoms with van der Waals surface area (Å²) in [5, 5.41) is 19.6. The van der Waals surface area contributed by atoms with Crippen LogP contribution in [0.5, 0.6) is 5.75 Å². The van der Waals surface area contributed by atoms with E-state index in [-0.39, 0.29) is 11.4 Å². The molecule has 2 aromatic rings. The highest BCUT2D eigenvalue weighted by Crippen LogP contribution is 2.19. The minimum Gasteiger partial charge on any atom is -0.508 e. The second kappa shape index (κ2) is 5.66. The number of amides is 1. The van der Waals surface area contributed by atoms with E-state index in [1.54, 1.807) is 25.1 Å². The van der Waals surface area contributed by atoms with Crippen molar-refractivity contribution in [2.45, 2.75) is 6.92 Å². The number of hydrazone groups is 1. The molecule has 0 aliphatic rings. The molecule has 0 saturated heterocycles. The Balaban J connectivity index is 2.04. The van der Waals surface area contributed by atoms with Gasteiger partial charge in [0, 0.05) is 15.7 Å². The fourth-order valence-electron chi connectivity index (χ4n) is 1.38. The fourth-order valence-corrected chi connectivity index (χ4v) is 1.73. The van der Waals surface area contributed by atoms with Crippen LogP contribution in [0.25, 0.3) is 0 Å². The molecule has 1 aromatic carbocycles. The SMILES string of the molecule is Cc1cc(C(=O)N/N=C\c2cc(O)ccc2Br)n[nH]1. The van der Waals surface area contributed by atoms with E-state index in [0.717, 1.165) is 10.2 Å². The predicted octanol–water partition coefficient (Wildman–Crippen LogP) is 1.95. The number of hydrogen-bond donors (Lipinski definition) is 3. The van der Waals surface area contributed by atoms with Crippen molar-refractivity contribution in [1.82, 2.24) is 15.6 Å². The summed E-state index contributed by atoms with van der Waals surface area (Å²) in [6.07, 6.45) is 1.43. The van der Waals surface area contributed by atoms with Crippen LogP contribution in [-0.4, -0.2) is 27.4 Å². The molecule has 7 heteroatoms. The van der Waals surface area contributed by atoms with Crippen molar-refractivity contribution in [2.24, 2.45) is 5.10 Å². The highest BCUT2D eigenvalue weighted by molar-refractivity contribution is 9.10. The van der Waals surface area contributed by atoms with Gasteiger partial charge in [-0.1, -0.05) is 15.9 Å². The lowest BCUT2D eigenvalue weighted by atomic mass is 10.2. The first-order valence-electron chi connectivity index (χ1n) is 5.40. The Morgan fingerprint density at radius 3 is 3.00 bits per heavy atom. The lowest BCUT2D eigenvalue weighted by Crippen LogP contribution is -2.18. The molecule has 1 amide bonds. The van der Waals surface area contributed by atoms with Crippen molar-refractivity contribution >= 4 is 28.1 Å². The minimum atomic E-state index is -0.406. The van der Waals surface area contributed by atoms with Crippen LogP contribution in [0.2, 0.25) is 0 Å². The minimum absolute atomic E-state index is 0.124. The summed E-state index contributed by atoms with van der Waals surface area (Å²) in [7, 11) is 0. The molecule has 3 N–H and O–H groups in total. The second-order valence-corrected chi connectivity index (χ2v) is 4.70. The highest BCUT2D eigenvalue weighted by Gasteiger charge is 2.07. The monoisotopic (exact) mass is 322 g/mol. The topological polar surface area (TPSA) is 90.4 Å². The number of aromatic hydroxyl groups is 1. The first kappa shape index (κ1) is 13.3. The number of nitrogens with zero attached hydrogens (tertiary/aromatic N) is 2. The van der Waals surface area contributed by atoms with Crippen LogP contribution in [0.15, 0.2) is 33.8 Å². The third-order valence-electron chi connectivity index (χ3n) is 2.29. The second-order valence-electron chi connectivity index (χ2n) is 3.84. The van der Waals surface area contributed by atoms with Crippen LogP contribution in [0, 0.1) is 6.92 Å². The lowest BCUT2D eigenvalue weighted by Gasteiger charge is -1.99. The average Bonchev–Trinajstić information content (AvgIpc) is 2.80. The van der Waals surface area contributed by atoms with Gasteiger partial charge in [0.25, 0.3) is 5.91 Å². The van der Waals surface area contributed by atoms with E-state index in [2.05, 4.69) is 36.7 Å². The van der Waals surface area contributed by atoms with Crippen molar-refractivity contribution in [3.05, 3.63) is 45.7 Å². The Morgan fingerprint density at radius 1 is 1.53 bits per heavy atom. The highest BCUT2D eigenvalue weighted by atomic mass is 79.9. The van der Waals surface area contributed by atoms with E-state index < -0.39 is 5.91 Å². The molecule has 2 rings (SSSR count). The number of rotatable bonds is 3. The molecule has 0 aliphatic heterocycles. The summed E-state index contributed by atoms with van der Waals surface area (Å²) in [5.41, 5.74) is 4.07. The van der Waals surface area contributed by atoms with Crippen molar-refractivity contribution in [3.8, 4) is 5.75 Å². The maximum absolute atomic E-state index is 11.6. The summed E-state index contributed by atoms with van der Waals surface area (Å²) >= 11 is 3.31. The van der Waals surface area contributed by atoms with Crippen LogP contribution in [0.1, 0.15) is 21.7 Å². The predicted molar refractivity (Wildman–Crippen MR) is 74.2 cm³/mol. The molecule has 0 radical (unpaired) electrons. The number of halogens is 1. The molecule has 6 nitrogen and oxygen atoms in total. The summed E-state index contributed by atoms with van der Waals surface area (Å²) in [5.74, 6) is -0.282. The van der Waals surface area contributed by atoms with Gasteiger partial charge in [-0.3, -0.25) is 9.89 Å². The third kappa shape index (κ3) is 3.41. The first-order chi connectivity index (χ1) is 9.06. The molecule has 1 heterocycles. The molecule has 0 spiro atoms. The van der Waals surface area contributed by atoms with E-state index in [1.165, 1.54) is 12.3 Å². The molecule has 19 heavy (non-hydrogen) atoms. The van der Waals surface area contributed by atoms with E-state index in [0.29, 0.717) is 5.56 Å². The molecule has 0 fully saturated rings. The Hall–Kier alpha value is -2.15. The zero-order valence-corrected chi connectivity index (χ0v) is 11.6. The number of aromatic amines is 1. The third-order valence-corrected chi connectivity index (χ3v) is 3.01. The Labute approximate surface area is 117 Å². The van der Waals surface area contributed by atoms with E-state index in [1.807, 2.05) is 0 Å². The fraction of sp³-hybridized carbons (Fsp3) is 0.0833. The number of aryl methyl sites for hydroxylation is 1. The summed E-state index contributed by atoms with van der Waals surface area (Å²) in [6.45, 7) is 1.80. The number of aromatic nitrogens is 2. The van der Waals surface area contributed by atoms with Crippen LogP contribution < -0.4 is 5.43 Å². The van der Waals surface area contributed by atoms with Crippen LogP contribution >= 0.6 is 15.9 Å². The van der Waals surface area contributed by atoms with Crippen LogP contribution in [-0.2, 0) is 0 Å². The molecular formula is C12H11BrN4O2. The van der Waals surface area contributed by atoms with Gasteiger partial charge in [-0.25, -0.2) is 5.43 Å². The van der Waals surface area contributed by atoms with Crippen molar-refractivity contribution in [2.75, 3.05) is 0 Å². The van der Waals surface area contributed by atoms with Gasteiger partial charge < -0.3 is 5.11 Å². The van der Waals surface area contributed by atoms with Gasteiger partial charge in [0.2, 0.25) is 0 Å². The summed E-state index contributed by atoms with van der Waals surface area (Å²) < 4.78 is 0.763. The summed E-state index contributed by atoms with van der Waals surface area (Å²) in [4.78, 5) is 11.6. The Bertz CT molecular complexity index is 636. The largest absolute Gasteiger partial charge is 0.508 e. The number of H-pyrrole nitrogens is 1. The number of benzene rings is 1. The van der Waals surface area contributed by atoms with Gasteiger partial charge in [0.1, 0.15) is 5.75 Å². The zero-order chi connectivity index (χ0) is 13.8. The zero-order valence-electron chi connectivity index (χ0n) is 10.0. The van der Waals surface area contributed by atoms with Gasteiger partial charge in [0.05, 0.1) is 6.21 Å². The summed E-state index contributed by atoms with van der Waals surface area (Å²) in [6, 6.07) is 6.38. The number of nitrogens with one attached hydrogen (secondary N) is 2. The molecule has 0 aliphatic carbocycles. The van der Waals surface area contributed by atoms with Gasteiger partial charge in [0.15, 0.2) is 5.69 Å². The number of hydrogen-bond acceptors (Lipinski definition) is 4. The van der Waals surface area contributed by atoms with E-state index in [4.69, 9.17) is 0 Å². The van der Waals surface area contributed by atoms with E-state index in [9.17, 15) is 9.90 Å². The van der Waals surface area contributed by atoms with Crippen LogP contribution in [0.3, 0.4) is 0 Å². The molecule has 98 valence electrons. The van der Waals surface area contributed by atoms with Crippen molar-refractivity contribution in [3.63, 3.8) is 0 Å². The van der Waals surface area contributed by atoms with Gasteiger partial charge in [-0.05, 0) is 31.2 Å². The number of phenolic OH excluding ortho intramolecular Hbond substituents is 1. The molecule has 0 atom stereocenters.